The second kappa shape index (κ2) is 8.67. The average Bonchev–Trinajstić information content (AvgIpc) is 2.54. The third-order valence-electron chi connectivity index (χ3n) is 3.96. The van der Waals surface area contributed by atoms with E-state index in [1.54, 1.807) is 7.11 Å². The molecule has 2 rings (SSSR count). The van der Waals surface area contributed by atoms with Crippen molar-refractivity contribution in [3.63, 3.8) is 0 Å². The van der Waals surface area contributed by atoms with Crippen LogP contribution in [-0.4, -0.2) is 26.2 Å². The SMILES string of the molecule is CN=C(NCc1ccc(COC)cc1)NC1CCCCC1. The van der Waals surface area contributed by atoms with E-state index in [9.17, 15) is 0 Å². The lowest BCUT2D eigenvalue weighted by atomic mass is 9.96. The van der Waals surface area contributed by atoms with Gasteiger partial charge in [0.1, 0.15) is 0 Å². The first-order valence-corrected chi connectivity index (χ1v) is 7.85. The third kappa shape index (κ3) is 5.38. The van der Waals surface area contributed by atoms with Gasteiger partial charge in [-0.1, -0.05) is 43.5 Å². The number of nitrogens with one attached hydrogen (secondary N) is 2. The Kier molecular flexibility index (Phi) is 6.54. The molecule has 0 heterocycles. The van der Waals surface area contributed by atoms with E-state index in [1.165, 1.54) is 43.2 Å². The summed E-state index contributed by atoms with van der Waals surface area (Å²) in [5.41, 5.74) is 2.45. The van der Waals surface area contributed by atoms with Crippen molar-refractivity contribution in [2.24, 2.45) is 4.99 Å². The zero-order chi connectivity index (χ0) is 14.9. The van der Waals surface area contributed by atoms with Gasteiger partial charge in [-0.05, 0) is 24.0 Å². The summed E-state index contributed by atoms with van der Waals surface area (Å²) in [6, 6.07) is 9.06. The molecule has 0 atom stereocenters. The van der Waals surface area contributed by atoms with E-state index in [2.05, 4.69) is 39.9 Å². The molecule has 0 radical (unpaired) electrons. The maximum absolute atomic E-state index is 5.12. The fourth-order valence-corrected chi connectivity index (χ4v) is 2.74. The highest BCUT2D eigenvalue weighted by Crippen LogP contribution is 2.17. The molecule has 1 fully saturated rings. The Balaban J connectivity index is 1.79. The Labute approximate surface area is 128 Å². The van der Waals surface area contributed by atoms with E-state index in [0.717, 1.165) is 12.5 Å². The Morgan fingerprint density at radius 2 is 1.81 bits per heavy atom. The van der Waals surface area contributed by atoms with Crippen molar-refractivity contribution >= 4 is 5.96 Å². The quantitative estimate of drug-likeness (QED) is 0.647. The van der Waals surface area contributed by atoms with Crippen LogP contribution in [0.5, 0.6) is 0 Å². The first-order chi connectivity index (χ1) is 10.3. The van der Waals surface area contributed by atoms with Crippen LogP contribution in [0.1, 0.15) is 43.2 Å². The van der Waals surface area contributed by atoms with Gasteiger partial charge in [0.25, 0.3) is 0 Å². The van der Waals surface area contributed by atoms with Crippen LogP contribution in [0.4, 0.5) is 0 Å². The number of hydrogen-bond donors (Lipinski definition) is 2. The smallest absolute Gasteiger partial charge is 0.191 e. The van der Waals surface area contributed by atoms with Crippen molar-refractivity contribution in [2.75, 3.05) is 14.2 Å². The fraction of sp³-hybridized carbons (Fsp3) is 0.588. The molecular weight excluding hydrogens is 262 g/mol. The fourth-order valence-electron chi connectivity index (χ4n) is 2.74. The van der Waals surface area contributed by atoms with Gasteiger partial charge in [-0.15, -0.1) is 0 Å². The molecule has 2 N–H and O–H groups in total. The van der Waals surface area contributed by atoms with E-state index in [1.807, 2.05) is 7.05 Å². The van der Waals surface area contributed by atoms with Crippen molar-refractivity contribution in [3.05, 3.63) is 35.4 Å². The molecule has 1 aliphatic carbocycles. The molecule has 1 saturated carbocycles. The minimum Gasteiger partial charge on any atom is -0.380 e. The van der Waals surface area contributed by atoms with E-state index < -0.39 is 0 Å². The monoisotopic (exact) mass is 289 g/mol. The number of rotatable bonds is 5. The summed E-state index contributed by atoms with van der Waals surface area (Å²) >= 11 is 0. The van der Waals surface area contributed by atoms with Gasteiger partial charge in [-0.25, -0.2) is 0 Å². The largest absolute Gasteiger partial charge is 0.380 e. The molecule has 21 heavy (non-hydrogen) atoms. The summed E-state index contributed by atoms with van der Waals surface area (Å²) in [4.78, 5) is 4.32. The van der Waals surface area contributed by atoms with E-state index >= 15 is 0 Å². The third-order valence-corrected chi connectivity index (χ3v) is 3.96. The molecule has 116 valence electrons. The van der Waals surface area contributed by atoms with Gasteiger partial charge in [0, 0.05) is 26.7 Å². The number of aliphatic imine (C=N–C) groups is 1. The highest BCUT2D eigenvalue weighted by Gasteiger charge is 2.14. The number of guanidine groups is 1. The van der Waals surface area contributed by atoms with E-state index in [-0.39, 0.29) is 0 Å². The van der Waals surface area contributed by atoms with Gasteiger partial charge in [0.05, 0.1) is 6.61 Å². The normalized spacial score (nSPS) is 16.8. The predicted molar refractivity (Wildman–Crippen MR) is 87.4 cm³/mol. The Morgan fingerprint density at radius 1 is 1.14 bits per heavy atom. The average molecular weight is 289 g/mol. The van der Waals surface area contributed by atoms with Gasteiger partial charge in [-0.2, -0.15) is 0 Å². The van der Waals surface area contributed by atoms with Crippen molar-refractivity contribution in [1.29, 1.82) is 0 Å². The molecule has 1 aliphatic rings. The summed E-state index contributed by atoms with van der Waals surface area (Å²) in [6.45, 7) is 1.46. The van der Waals surface area contributed by atoms with Gasteiger partial charge in [0.15, 0.2) is 5.96 Å². The molecule has 4 nitrogen and oxygen atoms in total. The number of nitrogens with zero attached hydrogens (tertiary/aromatic N) is 1. The van der Waals surface area contributed by atoms with Gasteiger partial charge >= 0.3 is 0 Å². The minimum absolute atomic E-state index is 0.578. The standard InChI is InChI=1S/C17H27N3O/c1-18-17(20-16-6-4-3-5-7-16)19-12-14-8-10-15(11-9-14)13-21-2/h8-11,16H,3-7,12-13H2,1-2H3,(H2,18,19,20). The highest BCUT2D eigenvalue weighted by molar-refractivity contribution is 5.79. The van der Waals surface area contributed by atoms with Crippen molar-refractivity contribution in [3.8, 4) is 0 Å². The minimum atomic E-state index is 0.578. The summed E-state index contributed by atoms with van der Waals surface area (Å²) in [6.07, 6.45) is 6.54. The summed E-state index contributed by atoms with van der Waals surface area (Å²) in [5, 5.41) is 6.92. The topological polar surface area (TPSA) is 45.7 Å². The molecular formula is C17H27N3O. The molecule has 0 amide bonds. The summed E-state index contributed by atoms with van der Waals surface area (Å²) in [7, 11) is 3.55. The molecule has 4 heteroatoms. The second-order valence-corrected chi connectivity index (χ2v) is 5.65. The molecule has 0 spiro atoms. The summed E-state index contributed by atoms with van der Waals surface area (Å²) < 4.78 is 5.12. The van der Waals surface area contributed by atoms with E-state index in [0.29, 0.717) is 12.6 Å². The van der Waals surface area contributed by atoms with Crippen molar-refractivity contribution in [2.45, 2.75) is 51.3 Å². The van der Waals surface area contributed by atoms with Crippen LogP contribution < -0.4 is 10.6 Å². The van der Waals surface area contributed by atoms with Crippen LogP contribution in [0.3, 0.4) is 0 Å². The zero-order valence-corrected chi connectivity index (χ0v) is 13.2. The molecule has 1 aromatic rings. The summed E-state index contributed by atoms with van der Waals surface area (Å²) in [5.74, 6) is 0.905. The van der Waals surface area contributed by atoms with Crippen LogP contribution in [0.25, 0.3) is 0 Å². The number of ether oxygens (including phenoxy) is 1. The van der Waals surface area contributed by atoms with E-state index in [4.69, 9.17) is 4.74 Å². The lowest BCUT2D eigenvalue weighted by molar-refractivity contribution is 0.185. The Hall–Kier alpha value is -1.55. The highest BCUT2D eigenvalue weighted by atomic mass is 16.5. The Morgan fingerprint density at radius 3 is 2.43 bits per heavy atom. The molecule has 0 aliphatic heterocycles. The van der Waals surface area contributed by atoms with Crippen LogP contribution in [-0.2, 0) is 17.9 Å². The predicted octanol–water partition coefficient (Wildman–Crippen LogP) is 2.83. The first-order valence-electron chi connectivity index (χ1n) is 7.85. The molecule has 0 saturated heterocycles. The van der Waals surface area contributed by atoms with Crippen LogP contribution in [0.15, 0.2) is 29.3 Å². The molecule has 0 aromatic heterocycles. The lowest BCUT2D eigenvalue weighted by Crippen LogP contribution is -2.43. The number of hydrogen-bond acceptors (Lipinski definition) is 2. The maximum Gasteiger partial charge on any atom is 0.191 e. The lowest BCUT2D eigenvalue weighted by Gasteiger charge is -2.24. The molecule has 0 bridgehead atoms. The van der Waals surface area contributed by atoms with Gasteiger partial charge < -0.3 is 15.4 Å². The van der Waals surface area contributed by atoms with Crippen molar-refractivity contribution < 1.29 is 4.74 Å². The Bertz CT molecular complexity index is 436. The van der Waals surface area contributed by atoms with Gasteiger partial charge in [0.2, 0.25) is 0 Å². The molecule has 0 unspecified atom stereocenters. The van der Waals surface area contributed by atoms with Gasteiger partial charge in [-0.3, -0.25) is 4.99 Å². The van der Waals surface area contributed by atoms with Crippen LogP contribution >= 0.6 is 0 Å². The van der Waals surface area contributed by atoms with Crippen LogP contribution in [0.2, 0.25) is 0 Å². The zero-order valence-electron chi connectivity index (χ0n) is 13.2. The molecule has 1 aromatic carbocycles. The number of benzene rings is 1. The first kappa shape index (κ1) is 15.8. The second-order valence-electron chi connectivity index (χ2n) is 5.65. The maximum atomic E-state index is 5.12. The number of methoxy groups -OCH3 is 1. The van der Waals surface area contributed by atoms with Crippen LogP contribution in [0, 0.1) is 0 Å². The van der Waals surface area contributed by atoms with Crippen molar-refractivity contribution in [1.82, 2.24) is 10.6 Å².